The molecule has 0 bridgehead atoms. The number of non-ortho nitro benzene ring substituents is 1. The molecule has 0 unspecified atom stereocenters. The molecule has 1 aliphatic rings. The standard InChI is InChI=1S/C23H28N4O4/c1-22(2,3)26-21(29)23(25-20(28)19-8-4-5-14-24-19)13-6-7-17(15-23)16-9-11-18(12-10-16)27(30)31/h4-5,8-12,14,17H,6-7,13,15H2,1-3H3,(H,25,28)(H,26,29)/t17-,23+/m0/s1. The molecule has 8 nitrogen and oxygen atoms in total. The van der Waals surface area contributed by atoms with E-state index in [9.17, 15) is 19.7 Å². The normalized spacial score (nSPS) is 21.2. The van der Waals surface area contributed by atoms with E-state index in [1.54, 1.807) is 30.3 Å². The van der Waals surface area contributed by atoms with Gasteiger partial charge in [-0.15, -0.1) is 0 Å². The average Bonchev–Trinajstić information content (AvgIpc) is 2.73. The molecule has 2 N–H and O–H groups in total. The van der Waals surface area contributed by atoms with Crippen molar-refractivity contribution >= 4 is 17.5 Å². The highest BCUT2D eigenvalue weighted by molar-refractivity contribution is 5.98. The van der Waals surface area contributed by atoms with E-state index in [4.69, 9.17) is 0 Å². The Labute approximate surface area is 181 Å². The number of pyridine rings is 1. The first-order valence-corrected chi connectivity index (χ1v) is 10.4. The lowest BCUT2D eigenvalue weighted by Gasteiger charge is -2.42. The summed E-state index contributed by atoms with van der Waals surface area (Å²) >= 11 is 0. The van der Waals surface area contributed by atoms with Gasteiger partial charge in [-0.1, -0.05) is 18.2 Å². The number of nitro benzene ring substituents is 1. The maximum atomic E-state index is 13.4. The number of nitro groups is 1. The van der Waals surface area contributed by atoms with Crippen LogP contribution in [0.5, 0.6) is 0 Å². The van der Waals surface area contributed by atoms with Crippen LogP contribution in [-0.2, 0) is 4.79 Å². The first-order chi connectivity index (χ1) is 14.6. The van der Waals surface area contributed by atoms with Crippen molar-refractivity contribution in [2.75, 3.05) is 0 Å². The van der Waals surface area contributed by atoms with E-state index in [1.807, 2.05) is 20.8 Å². The van der Waals surface area contributed by atoms with Crippen molar-refractivity contribution in [3.63, 3.8) is 0 Å². The first-order valence-electron chi connectivity index (χ1n) is 10.4. The van der Waals surface area contributed by atoms with Crippen LogP contribution in [0.3, 0.4) is 0 Å². The van der Waals surface area contributed by atoms with Gasteiger partial charge >= 0.3 is 0 Å². The summed E-state index contributed by atoms with van der Waals surface area (Å²) < 4.78 is 0. The van der Waals surface area contributed by atoms with Gasteiger partial charge in [0.25, 0.3) is 11.6 Å². The quantitative estimate of drug-likeness (QED) is 0.561. The van der Waals surface area contributed by atoms with Crippen molar-refractivity contribution in [3.8, 4) is 0 Å². The van der Waals surface area contributed by atoms with Crippen LogP contribution in [0.15, 0.2) is 48.7 Å². The van der Waals surface area contributed by atoms with E-state index < -0.39 is 21.9 Å². The first kappa shape index (κ1) is 22.4. The molecule has 1 saturated carbocycles. The van der Waals surface area contributed by atoms with Crippen LogP contribution in [0.1, 0.15) is 68.4 Å². The second-order valence-electron chi connectivity index (χ2n) is 9.10. The van der Waals surface area contributed by atoms with Crippen LogP contribution >= 0.6 is 0 Å². The maximum absolute atomic E-state index is 13.4. The summed E-state index contributed by atoms with van der Waals surface area (Å²) in [5.41, 5.74) is -0.347. The number of rotatable bonds is 5. The number of amides is 2. The Bertz CT molecular complexity index is 954. The summed E-state index contributed by atoms with van der Waals surface area (Å²) in [4.78, 5) is 41.0. The molecule has 0 spiro atoms. The highest BCUT2D eigenvalue weighted by atomic mass is 16.6. The van der Waals surface area contributed by atoms with Gasteiger partial charge in [0.2, 0.25) is 5.91 Å². The fourth-order valence-electron chi connectivity index (χ4n) is 4.04. The minimum absolute atomic E-state index is 0.00990. The molecule has 8 heteroatoms. The number of aromatic nitrogens is 1. The monoisotopic (exact) mass is 424 g/mol. The van der Waals surface area contributed by atoms with Gasteiger partial charge in [0.15, 0.2) is 0 Å². The zero-order valence-corrected chi connectivity index (χ0v) is 18.1. The lowest BCUT2D eigenvalue weighted by atomic mass is 9.72. The maximum Gasteiger partial charge on any atom is 0.270 e. The van der Waals surface area contributed by atoms with Crippen molar-refractivity contribution in [2.24, 2.45) is 0 Å². The van der Waals surface area contributed by atoms with Crippen molar-refractivity contribution in [3.05, 3.63) is 70.0 Å². The Morgan fingerprint density at radius 3 is 2.45 bits per heavy atom. The molecule has 164 valence electrons. The molecule has 1 aromatic carbocycles. The number of hydrogen-bond acceptors (Lipinski definition) is 5. The van der Waals surface area contributed by atoms with Gasteiger partial charge in [0.05, 0.1) is 4.92 Å². The SMILES string of the molecule is CC(C)(C)NC(=O)[C@@]1(NC(=O)c2ccccn2)CCC[C@H](c2ccc([N+](=O)[O-])cc2)C1. The number of carbonyl (C=O) groups is 2. The van der Waals surface area contributed by atoms with Crippen LogP contribution in [0, 0.1) is 10.1 Å². The average molecular weight is 425 g/mol. The molecule has 2 aromatic rings. The van der Waals surface area contributed by atoms with Crippen molar-refractivity contribution in [1.82, 2.24) is 15.6 Å². The van der Waals surface area contributed by atoms with E-state index in [0.29, 0.717) is 12.8 Å². The molecule has 2 amide bonds. The molecule has 0 aliphatic heterocycles. The van der Waals surface area contributed by atoms with Gasteiger partial charge in [-0.05, 0) is 70.1 Å². The van der Waals surface area contributed by atoms with E-state index in [-0.39, 0.29) is 23.2 Å². The highest BCUT2D eigenvalue weighted by Crippen LogP contribution is 2.39. The number of nitrogens with zero attached hydrogens (tertiary/aromatic N) is 2. The smallest absolute Gasteiger partial charge is 0.270 e. The van der Waals surface area contributed by atoms with Gasteiger partial charge in [0, 0.05) is 23.9 Å². The number of benzene rings is 1. The van der Waals surface area contributed by atoms with E-state index in [1.165, 1.54) is 18.3 Å². The highest BCUT2D eigenvalue weighted by Gasteiger charge is 2.45. The van der Waals surface area contributed by atoms with E-state index in [2.05, 4.69) is 15.6 Å². The number of nitrogens with one attached hydrogen (secondary N) is 2. The largest absolute Gasteiger partial charge is 0.349 e. The van der Waals surface area contributed by atoms with Crippen LogP contribution in [0.2, 0.25) is 0 Å². The summed E-state index contributed by atoms with van der Waals surface area (Å²) in [5, 5.41) is 17.0. The molecular weight excluding hydrogens is 396 g/mol. The summed E-state index contributed by atoms with van der Waals surface area (Å²) in [5.74, 6) is -0.630. The number of hydrogen-bond donors (Lipinski definition) is 2. The second kappa shape index (κ2) is 8.83. The molecule has 0 saturated heterocycles. The van der Waals surface area contributed by atoms with Gasteiger partial charge in [-0.2, -0.15) is 0 Å². The Hall–Kier alpha value is -3.29. The fourth-order valence-corrected chi connectivity index (χ4v) is 4.04. The molecule has 1 fully saturated rings. The van der Waals surface area contributed by atoms with Crippen LogP contribution in [-0.4, -0.2) is 32.8 Å². The third-order valence-electron chi connectivity index (χ3n) is 5.50. The molecular formula is C23H28N4O4. The summed E-state index contributed by atoms with van der Waals surface area (Å²) in [7, 11) is 0. The third kappa shape index (κ3) is 5.45. The van der Waals surface area contributed by atoms with Gasteiger partial charge in [-0.3, -0.25) is 24.7 Å². The molecule has 2 atom stereocenters. The molecule has 31 heavy (non-hydrogen) atoms. The zero-order valence-electron chi connectivity index (χ0n) is 18.1. The van der Waals surface area contributed by atoms with Gasteiger partial charge in [-0.25, -0.2) is 0 Å². The van der Waals surface area contributed by atoms with Crippen LogP contribution < -0.4 is 10.6 Å². The van der Waals surface area contributed by atoms with Crippen LogP contribution in [0.4, 0.5) is 5.69 Å². The minimum Gasteiger partial charge on any atom is -0.349 e. The van der Waals surface area contributed by atoms with E-state index >= 15 is 0 Å². The summed E-state index contributed by atoms with van der Waals surface area (Å²) in [6.45, 7) is 5.70. The molecule has 3 rings (SSSR count). The lowest BCUT2D eigenvalue weighted by Crippen LogP contribution is -2.63. The molecule has 0 radical (unpaired) electrons. The molecule has 1 aliphatic carbocycles. The fraction of sp³-hybridized carbons (Fsp3) is 0.435. The topological polar surface area (TPSA) is 114 Å². The Kier molecular flexibility index (Phi) is 6.38. The van der Waals surface area contributed by atoms with Crippen LogP contribution in [0.25, 0.3) is 0 Å². The molecule has 1 aromatic heterocycles. The predicted molar refractivity (Wildman–Crippen MR) is 117 cm³/mol. The van der Waals surface area contributed by atoms with Crippen molar-refractivity contribution < 1.29 is 14.5 Å². The second-order valence-corrected chi connectivity index (χ2v) is 9.10. The molecule has 1 heterocycles. The summed E-state index contributed by atoms with van der Waals surface area (Å²) in [6.07, 6.45) is 4.03. The Morgan fingerprint density at radius 1 is 1.16 bits per heavy atom. The van der Waals surface area contributed by atoms with Gasteiger partial charge < -0.3 is 10.6 Å². The zero-order chi connectivity index (χ0) is 22.6. The summed E-state index contributed by atoms with van der Waals surface area (Å²) in [6, 6.07) is 11.5. The van der Waals surface area contributed by atoms with Gasteiger partial charge in [0.1, 0.15) is 11.2 Å². The predicted octanol–water partition coefficient (Wildman–Crippen LogP) is 3.73. The van der Waals surface area contributed by atoms with Crippen molar-refractivity contribution in [2.45, 2.75) is 63.5 Å². The van der Waals surface area contributed by atoms with E-state index in [0.717, 1.165) is 18.4 Å². The van der Waals surface area contributed by atoms with Crippen molar-refractivity contribution in [1.29, 1.82) is 0 Å². The Morgan fingerprint density at radius 2 is 1.87 bits per heavy atom. The Balaban J connectivity index is 1.90. The lowest BCUT2D eigenvalue weighted by molar-refractivity contribution is -0.384. The minimum atomic E-state index is -1.09. The third-order valence-corrected chi connectivity index (χ3v) is 5.50. The number of carbonyl (C=O) groups excluding carboxylic acids is 2.